The Labute approximate surface area is 114 Å². The highest BCUT2D eigenvalue weighted by Gasteiger charge is 2.17. The van der Waals surface area contributed by atoms with E-state index in [0.29, 0.717) is 5.75 Å². The van der Waals surface area contributed by atoms with Crippen molar-refractivity contribution in [3.8, 4) is 5.75 Å². The smallest absolute Gasteiger partial charge is 0.162 e. The fraction of sp³-hybridized carbons (Fsp3) is 0.200. The molecule has 0 aliphatic carbocycles. The summed E-state index contributed by atoms with van der Waals surface area (Å²) in [5.74, 6) is -2.37. The maximum atomic E-state index is 13.8. The number of hydrogen-bond acceptors (Lipinski definition) is 2. The Balaban J connectivity index is 2.24. The minimum absolute atomic E-state index is 0.00674. The average molecular weight is 282 g/mol. The lowest BCUT2D eigenvalue weighted by Gasteiger charge is -2.13. The van der Waals surface area contributed by atoms with Crippen molar-refractivity contribution < 1.29 is 23.0 Å². The third-order valence-corrected chi connectivity index (χ3v) is 3.01. The van der Waals surface area contributed by atoms with Crippen molar-refractivity contribution in [2.75, 3.05) is 7.11 Å². The lowest BCUT2D eigenvalue weighted by atomic mass is 10.0. The van der Waals surface area contributed by atoms with Crippen molar-refractivity contribution in [2.24, 2.45) is 0 Å². The van der Waals surface area contributed by atoms with Crippen molar-refractivity contribution in [1.29, 1.82) is 0 Å². The second kappa shape index (κ2) is 5.96. The van der Waals surface area contributed by atoms with Gasteiger partial charge in [0, 0.05) is 18.1 Å². The zero-order valence-electron chi connectivity index (χ0n) is 10.7. The number of aliphatic hydroxyl groups excluding tert-OH is 1. The molecule has 0 radical (unpaired) electrons. The highest BCUT2D eigenvalue weighted by molar-refractivity contribution is 5.31. The Morgan fingerprint density at radius 1 is 1.10 bits per heavy atom. The SMILES string of the molecule is COc1ccc(C(O)Cc2cccc(F)c2F)c(F)c1. The largest absolute Gasteiger partial charge is 0.497 e. The van der Waals surface area contributed by atoms with Crippen molar-refractivity contribution in [2.45, 2.75) is 12.5 Å². The Morgan fingerprint density at radius 2 is 1.85 bits per heavy atom. The number of halogens is 3. The van der Waals surface area contributed by atoms with Crippen LogP contribution < -0.4 is 4.74 Å². The van der Waals surface area contributed by atoms with Gasteiger partial charge in [-0.3, -0.25) is 0 Å². The molecule has 106 valence electrons. The zero-order valence-corrected chi connectivity index (χ0v) is 10.7. The Bertz CT molecular complexity index is 614. The molecule has 0 fully saturated rings. The number of methoxy groups -OCH3 is 1. The summed E-state index contributed by atoms with van der Waals surface area (Å²) in [6.07, 6.45) is -1.48. The van der Waals surface area contributed by atoms with Crippen LogP contribution in [0.15, 0.2) is 36.4 Å². The van der Waals surface area contributed by atoms with Crippen molar-refractivity contribution in [3.63, 3.8) is 0 Å². The van der Waals surface area contributed by atoms with E-state index in [1.165, 1.54) is 31.4 Å². The van der Waals surface area contributed by atoms with Crippen LogP contribution >= 0.6 is 0 Å². The van der Waals surface area contributed by atoms with E-state index in [0.717, 1.165) is 12.1 Å². The monoisotopic (exact) mass is 282 g/mol. The number of rotatable bonds is 4. The van der Waals surface area contributed by atoms with E-state index in [9.17, 15) is 18.3 Å². The molecule has 2 nitrogen and oxygen atoms in total. The predicted octanol–water partition coefficient (Wildman–Crippen LogP) is 3.39. The topological polar surface area (TPSA) is 29.5 Å². The van der Waals surface area contributed by atoms with Gasteiger partial charge in [-0.15, -0.1) is 0 Å². The van der Waals surface area contributed by atoms with Gasteiger partial charge >= 0.3 is 0 Å². The van der Waals surface area contributed by atoms with Gasteiger partial charge in [-0.1, -0.05) is 12.1 Å². The van der Waals surface area contributed by atoms with Crippen molar-refractivity contribution in [3.05, 3.63) is 65.0 Å². The van der Waals surface area contributed by atoms with Crippen LogP contribution in [-0.2, 0) is 6.42 Å². The van der Waals surface area contributed by atoms with Crippen LogP contribution in [0.25, 0.3) is 0 Å². The highest BCUT2D eigenvalue weighted by Crippen LogP contribution is 2.25. The lowest BCUT2D eigenvalue weighted by molar-refractivity contribution is 0.172. The second-order valence-corrected chi connectivity index (χ2v) is 4.32. The summed E-state index contributed by atoms with van der Waals surface area (Å²) < 4.78 is 45.2. The molecule has 0 spiro atoms. The predicted molar refractivity (Wildman–Crippen MR) is 68.0 cm³/mol. The molecule has 0 aromatic heterocycles. The first-order valence-corrected chi connectivity index (χ1v) is 5.97. The van der Waals surface area contributed by atoms with Gasteiger partial charge in [0.1, 0.15) is 11.6 Å². The Morgan fingerprint density at radius 3 is 2.50 bits per heavy atom. The normalized spacial score (nSPS) is 12.2. The molecule has 1 atom stereocenters. The van der Waals surface area contributed by atoms with Gasteiger partial charge in [0.15, 0.2) is 11.6 Å². The highest BCUT2D eigenvalue weighted by atomic mass is 19.2. The van der Waals surface area contributed by atoms with Crippen LogP contribution in [-0.4, -0.2) is 12.2 Å². The Hall–Kier alpha value is -2.01. The molecule has 1 N–H and O–H groups in total. The van der Waals surface area contributed by atoms with Gasteiger partial charge in [0.25, 0.3) is 0 Å². The fourth-order valence-electron chi connectivity index (χ4n) is 1.93. The zero-order chi connectivity index (χ0) is 14.7. The number of ether oxygens (including phenoxy) is 1. The first-order valence-electron chi connectivity index (χ1n) is 5.97. The maximum absolute atomic E-state index is 13.8. The molecule has 2 aromatic carbocycles. The third-order valence-electron chi connectivity index (χ3n) is 3.01. The molecule has 0 bridgehead atoms. The summed E-state index contributed by atoms with van der Waals surface area (Å²) in [6.45, 7) is 0. The van der Waals surface area contributed by atoms with Crippen LogP contribution in [0.3, 0.4) is 0 Å². The number of benzene rings is 2. The van der Waals surface area contributed by atoms with E-state index in [1.54, 1.807) is 0 Å². The molecular weight excluding hydrogens is 269 g/mol. The number of hydrogen-bond donors (Lipinski definition) is 1. The van der Waals surface area contributed by atoms with E-state index < -0.39 is 23.6 Å². The van der Waals surface area contributed by atoms with Crippen LogP contribution in [0.2, 0.25) is 0 Å². The minimum atomic E-state index is -1.27. The van der Waals surface area contributed by atoms with Gasteiger partial charge in [-0.25, -0.2) is 13.2 Å². The molecule has 0 aliphatic rings. The van der Waals surface area contributed by atoms with Crippen molar-refractivity contribution in [1.82, 2.24) is 0 Å². The van der Waals surface area contributed by atoms with Gasteiger partial charge in [-0.05, 0) is 23.8 Å². The molecule has 0 heterocycles. The lowest BCUT2D eigenvalue weighted by Crippen LogP contribution is -2.07. The summed E-state index contributed by atoms with van der Waals surface area (Å²) >= 11 is 0. The van der Waals surface area contributed by atoms with Crippen LogP contribution in [0.4, 0.5) is 13.2 Å². The van der Waals surface area contributed by atoms with Crippen molar-refractivity contribution >= 4 is 0 Å². The summed E-state index contributed by atoms with van der Waals surface area (Å²) in [6, 6.07) is 7.65. The summed E-state index contributed by atoms with van der Waals surface area (Å²) in [4.78, 5) is 0. The fourth-order valence-corrected chi connectivity index (χ4v) is 1.93. The average Bonchev–Trinajstić information content (AvgIpc) is 2.43. The molecule has 5 heteroatoms. The van der Waals surface area contributed by atoms with Crippen LogP contribution in [0.1, 0.15) is 17.2 Å². The molecule has 1 unspecified atom stereocenters. The van der Waals surface area contributed by atoms with Gasteiger partial charge in [-0.2, -0.15) is 0 Å². The summed E-state index contributed by atoms with van der Waals surface area (Å²) in [5, 5.41) is 9.96. The molecular formula is C15H13F3O2. The molecule has 20 heavy (non-hydrogen) atoms. The quantitative estimate of drug-likeness (QED) is 0.931. The van der Waals surface area contributed by atoms with E-state index in [-0.39, 0.29) is 17.5 Å². The number of aliphatic hydroxyl groups is 1. The standard InChI is InChI=1S/C15H13F3O2/c1-20-10-5-6-11(13(17)8-10)14(19)7-9-3-2-4-12(16)15(9)18/h2-6,8,14,19H,7H2,1H3. The molecule has 0 saturated heterocycles. The Kier molecular flexibility index (Phi) is 4.29. The molecule has 0 aliphatic heterocycles. The van der Waals surface area contributed by atoms with Gasteiger partial charge in [0.2, 0.25) is 0 Å². The van der Waals surface area contributed by atoms with E-state index >= 15 is 0 Å². The third kappa shape index (κ3) is 2.93. The first-order chi connectivity index (χ1) is 9.52. The molecule has 0 amide bonds. The maximum Gasteiger partial charge on any atom is 0.162 e. The van der Waals surface area contributed by atoms with E-state index in [4.69, 9.17) is 4.74 Å². The van der Waals surface area contributed by atoms with E-state index in [2.05, 4.69) is 0 Å². The summed E-state index contributed by atoms with van der Waals surface area (Å²) in [7, 11) is 1.40. The van der Waals surface area contributed by atoms with E-state index in [1.807, 2.05) is 0 Å². The second-order valence-electron chi connectivity index (χ2n) is 4.32. The molecule has 0 saturated carbocycles. The minimum Gasteiger partial charge on any atom is -0.497 e. The summed E-state index contributed by atoms with van der Waals surface area (Å²) in [5.41, 5.74) is 0.00202. The molecule has 2 rings (SSSR count). The molecule has 2 aromatic rings. The van der Waals surface area contributed by atoms with Crippen LogP contribution in [0, 0.1) is 17.5 Å². The van der Waals surface area contributed by atoms with Crippen LogP contribution in [0.5, 0.6) is 5.75 Å². The van der Waals surface area contributed by atoms with Gasteiger partial charge in [0.05, 0.1) is 13.2 Å². The van der Waals surface area contributed by atoms with Gasteiger partial charge < -0.3 is 9.84 Å². The first kappa shape index (κ1) is 14.4.